The van der Waals surface area contributed by atoms with Crippen molar-refractivity contribution < 1.29 is 9.59 Å². The van der Waals surface area contributed by atoms with Crippen LogP contribution in [0.1, 0.15) is 41.7 Å². The molecule has 1 fully saturated rings. The Morgan fingerprint density at radius 1 is 1.33 bits per heavy atom. The molecule has 6 nitrogen and oxygen atoms in total. The van der Waals surface area contributed by atoms with E-state index in [1.165, 1.54) is 11.3 Å². The Morgan fingerprint density at radius 2 is 2.15 bits per heavy atom. The van der Waals surface area contributed by atoms with Gasteiger partial charge in [0.05, 0.1) is 0 Å². The second kappa shape index (κ2) is 9.10. The van der Waals surface area contributed by atoms with Crippen LogP contribution in [0.4, 0.5) is 0 Å². The zero-order chi connectivity index (χ0) is 19.2. The maximum atomic E-state index is 13.0. The third-order valence-electron chi connectivity index (χ3n) is 4.89. The third kappa shape index (κ3) is 4.73. The molecule has 0 spiro atoms. The zero-order valence-electron chi connectivity index (χ0n) is 15.6. The largest absolute Gasteiger partial charge is 0.354 e. The summed E-state index contributed by atoms with van der Waals surface area (Å²) in [6.45, 7) is 3.55. The van der Waals surface area contributed by atoms with Crippen LogP contribution < -0.4 is 11.1 Å². The number of aryl methyl sites for hydroxylation is 1. The minimum atomic E-state index is -0.0639. The van der Waals surface area contributed by atoms with Crippen LogP contribution in [0.15, 0.2) is 29.6 Å². The summed E-state index contributed by atoms with van der Waals surface area (Å²) < 4.78 is 0. The monoisotopic (exact) mass is 386 g/mol. The van der Waals surface area contributed by atoms with E-state index in [2.05, 4.69) is 10.3 Å². The van der Waals surface area contributed by atoms with Gasteiger partial charge in [0.2, 0.25) is 5.91 Å². The average molecular weight is 387 g/mol. The van der Waals surface area contributed by atoms with Crippen molar-refractivity contribution in [3.8, 4) is 10.6 Å². The Bertz CT molecular complexity index is 805. The molecule has 1 aliphatic heterocycles. The van der Waals surface area contributed by atoms with Gasteiger partial charge in [0, 0.05) is 43.0 Å². The van der Waals surface area contributed by atoms with Gasteiger partial charge in [0.1, 0.15) is 10.7 Å². The van der Waals surface area contributed by atoms with E-state index in [9.17, 15) is 9.59 Å². The number of carbonyl (C=O) groups is 2. The Kier molecular flexibility index (Phi) is 6.58. The topological polar surface area (TPSA) is 88.3 Å². The normalized spacial score (nSPS) is 17.0. The lowest BCUT2D eigenvalue weighted by atomic mass is 10.0. The van der Waals surface area contributed by atoms with E-state index < -0.39 is 0 Å². The zero-order valence-corrected chi connectivity index (χ0v) is 16.4. The molecule has 0 radical (unpaired) electrons. The van der Waals surface area contributed by atoms with E-state index in [0.29, 0.717) is 31.7 Å². The van der Waals surface area contributed by atoms with Gasteiger partial charge >= 0.3 is 0 Å². The van der Waals surface area contributed by atoms with Crippen molar-refractivity contribution in [2.75, 3.05) is 19.6 Å². The van der Waals surface area contributed by atoms with Gasteiger partial charge in [0.15, 0.2) is 0 Å². The molecule has 3 rings (SSSR count). The average Bonchev–Trinajstić information content (AvgIpc) is 3.16. The number of nitrogens with two attached hydrogens (primary N) is 1. The summed E-state index contributed by atoms with van der Waals surface area (Å²) in [7, 11) is 0. The molecule has 1 aromatic carbocycles. The Balaban J connectivity index is 1.71. The van der Waals surface area contributed by atoms with Gasteiger partial charge < -0.3 is 16.0 Å². The number of nitrogens with one attached hydrogen (secondary N) is 1. The van der Waals surface area contributed by atoms with Crippen LogP contribution in [0.25, 0.3) is 10.6 Å². The van der Waals surface area contributed by atoms with Crippen molar-refractivity contribution in [1.82, 2.24) is 15.2 Å². The molecular weight excluding hydrogens is 360 g/mol. The standard InChI is InChI=1S/C20H26N4O2S/c1-14-6-2-3-8-16(14)19-23-17(13-27-19)20(26)24-11-5-4-7-15(24)12-22-18(25)9-10-21/h2-3,6,8,13,15H,4-5,7,9-12,21H2,1H3,(H,22,25). The number of amides is 2. The van der Waals surface area contributed by atoms with E-state index in [1.807, 2.05) is 41.5 Å². The molecule has 0 aliphatic carbocycles. The lowest BCUT2D eigenvalue weighted by Gasteiger charge is -2.35. The van der Waals surface area contributed by atoms with Crippen LogP contribution in [0.2, 0.25) is 0 Å². The van der Waals surface area contributed by atoms with Crippen LogP contribution >= 0.6 is 11.3 Å². The molecule has 1 aliphatic rings. The highest BCUT2D eigenvalue weighted by Crippen LogP contribution is 2.28. The first-order chi connectivity index (χ1) is 13.1. The number of piperidine rings is 1. The van der Waals surface area contributed by atoms with E-state index in [-0.39, 0.29) is 17.9 Å². The van der Waals surface area contributed by atoms with Crippen molar-refractivity contribution in [2.45, 2.75) is 38.6 Å². The first kappa shape index (κ1) is 19.5. The van der Waals surface area contributed by atoms with E-state index in [1.54, 1.807) is 0 Å². The first-order valence-corrected chi connectivity index (χ1v) is 10.3. The molecule has 1 unspecified atom stereocenters. The highest BCUT2D eigenvalue weighted by atomic mass is 32.1. The van der Waals surface area contributed by atoms with Gasteiger partial charge in [-0.2, -0.15) is 0 Å². The minimum absolute atomic E-state index is 0.0107. The van der Waals surface area contributed by atoms with E-state index in [0.717, 1.165) is 35.4 Å². The number of carbonyl (C=O) groups excluding carboxylic acids is 2. The SMILES string of the molecule is Cc1ccccc1-c1nc(C(=O)N2CCCCC2CNC(=O)CCN)cs1. The molecule has 2 amide bonds. The number of hydrogen-bond acceptors (Lipinski definition) is 5. The molecule has 0 bridgehead atoms. The Labute approximate surface area is 163 Å². The molecule has 144 valence electrons. The minimum Gasteiger partial charge on any atom is -0.354 e. The van der Waals surface area contributed by atoms with Crippen LogP contribution in [0, 0.1) is 6.92 Å². The predicted octanol–water partition coefficient (Wildman–Crippen LogP) is 2.58. The molecule has 27 heavy (non-hydrogen) atoms. The third-order valence-corrected chi connectivity index (χ3v) is 5.77. The number of rotatable bonds is 6. The second-order valence-electron chi connectivity index (χ2n) is 6.84. The quantitative estimate of drug-likeness (QED) is 0.799. The van der Waals surface area contributed by atoms with Crippen molar-refractivity contribution in [3.63, 3.8) is 0 Å². The van der Waals surface area contributed by atoms with Gasteiger partial charge in [-0.3, -0.25) is 9.59 Å². The van der Waals surface area contributed by atoms with Crippen molar-refractivity contribution in [2.24, 2.45) is 5.73 Å². The highest BCUT2D eigenvalue weighted by molar-refractivity contribution is 7.13. The highest BCUT2D eigenvalue weighted by Gasteiger charge is 2.29. The molecule has 2 heterocycles. The maximum absolute atomic E-state index is 13.0. The lowest BCUT2D eigenvalue weighted by Crippen LogP contribution is -2.49. The molecular formula is C20H26N4O2S. The molecule has 1 atom stereocenters. The fraction of sp³-hybridized carbons (Fsp3) is 0.450. The van der Waals surface area contributed by atoms with Gasteiger partial charge in [-0.1, -0.05) is 24.3 Å². The number of aromatic nitrogens is 1. The van der Waals surface area contributed by atoms with Crippen molar-refractivity contribution in [3.05, 3.63) is 40.9 Å². The van der Waals surface area contributed by atoms with E-state index >= 15 is 0 Å². The molecule has 1 aromatic heterocycles. The number of hydrogen-bond donors (Lipinski definition) is 2. The summed E-state index contributed by atoms with van der Waals surface area (Å²) in [6.07, 6.45) is 3.25. The number of nitrogens with zero attached hydrogens (tertiary/aromatic N) is 2. The maximum Gasteiger partial charge on any atom is 0.273 e. The first-order valence-electron chi connectivity index (χ1n) is 9.39. The summed E-state index contributed by atoms with van der Waals surface area (Å²) in [6, 6.07) is 8.06. The van der Waals surface area contributed by atoms with Crippen LogP contribution in [0.3, 0.4) is 0 Å². The molecule has 3 N–H and O–H groups in total. The summed E-state index contributed by atoms with van der Waals surface area (Å²) in [5, 5.41) is 5.60. The lowest BCUT2D eigenvalue weighted by molar-refractivity contribution is -0.121. The van der Waals surface area contributed by atoms with Crippen molar-refractivity contribution >= 4 is 23.2 Å². The molecule has 7 heteroatoms. The van der Waals surface area contributed by atoms with Gasteiger partial charge in [-0.05, 0) is 31.7 Å². The van der Waals surface area contributed by atoms with Gasteiger partial charge in [0.25, 0.3) is 5.91 Å². The fourth-order valence-corrected chi connectivity index (χ4v) is 4.27. The number of thiazole rings is 1. The van der Waals surface area contributed by atoms with Crippen LogP contribution in [-0.2, 0) is 4.79 Å². The summed E-state index contributed by atoms with van der Waals surface area (Å²) in [5.41, 5.74) is 8.11. The van der Waals surface area contributed by atoms with Crippen LogP contribution in [-0.4, -0.2) is 47.4 Å². The number of likely N-dealkylation sites (tertiary alicyclic amines) is 1. The smallest absolute Gasteiger partial charge is 0.273 e. The van der Waals surface area contributed by atoms with Gasteiger partial charge in [-0.15, -0.1) is 11.3 Å². The molecule has 1 saturated heterocycles. The Morgan fingerprint density at radius 3 is 2.93 bits per heavy atom. The molecule has 2 aromatic rings. The summed E-state index contributed by atoms with van der Waals surface area (Å²) in [5.74, 6) is -0.116. The second-order valence-corrected chi connectivity index (χ2v) is 7.70. The Hall–Kier alpha value is -2.25. The predicted molar refractivity (Wildman–Crippen MR) is 108 cm³/mol. The molecule has 0 saturated carbocycles. The van der Waals surface area contributed by atoms with Crippen LogP contribution in [0.5, 0.6) is 0 Å². The van der Waals surface area contributed by atoms with Crippen molar-refractivity contribution in [1.29, 1.82) is 0 Å². The van der Waals surface area contributed by atoms with E-state index in [4.69, 9.17) is 5.73 Å². The summed E-state index contributed by atoms with van der Waals surface area (Å²) in [4.78, 5) is 31.2. The number of benzene rings is 1. The fourth-order valence-electron chi connectivity index (χ4n) is 3.39. The summed E-state index contributed by atoms with van der Waals surface area (Å²) >= 11 is 1.49. The van der Waals surface area contributed by atoms with Gasteiger partial charge in [-0.25, -0.2) is 4.98 Å².